The number of benzene rings is 1. The average Bonchev–Trinajstić information content (AvgIpc) is 2.53. The van der Waals surface area contributed by atoms with Crippen molar-refractivity contribution < 1.29 is 29.1 Å². The highest BCUT2D eigenvalue weighted by Gasteiger charge is 2.22. The molecule has 0 aromatic heterocycles. The quantitative estimate of drug-likeness (QED) is 0.321. The molecule has 0 aliphatic rings. The second-order valence-electron chi connectivity index (χ2n) is 4.31. The van der Waals surface area contributed by atoms with Gasteiger partial charge < -0.3 is 5.32 Å². The molecule has 1 aromatic carbocycles. The van der Waals surface area contributed by atoms with E-state index in [2.05, 4.69) is 10.2 Å². The molecular weight excluding hydrogens is 310 g/mol. The third-order valence-corrected chi connectivity index (χ3v) is 2.92. The Morgan fingerprint density at radius 1 is 1.35 bits per heavy atom. The van der Waals surface area contributed by atoms with Gasteiger partial charge in [-0.2, -0.15) is 0 Å². The number of aryl methyl sites for hydroxylation is 1. The predicted octanol–water partition coefficient (Wildman–Crippen LogP) is -0.0685. The third kappa shape index (κ3) is 4.09. The lowest BCUT2D eigenvalue weighted by Crippen LogP contribution is -2.33. The molecule has 23 heavy (non-hydrogen) atoms. The van der Waals surface area contributed by atoms with Crippen LogP contribution in [-0.2, 0) is 9.63 Å². The van der Waals surface area contributed by atoms with E-state index in [0.717, 1.165) is 6.07 Å². The average molecular weight is 323 g/mol. The summed E-state index contributed by atoms with van der Waals surface area (Å²) in [6.45, 7) is 0.602. The summed E-state index contributed by atoms with van der Waals surface area (Å²) in [5, 5.41) is 11.3. The van der Waals surface area contributed by atoms with Gasteiger partial charge in [-0.1, -0.05) is 0 Å². The largest absolute Gasteiger partial charge is 0.355 e. The molecule has 0 radical (unpaired) electrons. The van der Waals surface area contributed by atoms with Crippen LogP contribution in [-0.4, -0.2) is 48.3 Å². The molecule has 10 heteroatoms. The van der Waals surface area contributed by atoms with Gasteiger partial charge in [-0.3, -0.25) is 28.9 Å². The number of nitrogens with zero attached hydrogens (tertiary/aromatic N) is 2. The summed E-state index contributed by atoms with van der Waals surface area (Å²) in [6, 6.07) is 2.45. The van der Waals surface area contributed by atoms with E-state index in [4.69, 9.17) is 0 Å². The smallest absolute Gasteiger partial charge is 0.296 e. The topological polar surface area (TPSA) is 136 Å². The highest BCUT2D eigenvalue weighted by atomic mass is 17.0. The van der Waals surface area contributed by atoms with Crippen LogP contribution in [0.1, 0.15) is 36.6 Å². The Morgan fingerprint density at radius 3 is 2.48 bits per heavy atom. The molecule has 0 spiro atoms. The van der Waals surface area contributed by atoms with E-state index in [0.29, 0.717) is 16.7 Å². The first kappa shape index (κ1) is 17.8. The van der Waals surface area contributed by atoms with Crippen molar-refractivity contribution in [1.82, 2.24) is 10.2 Å². The van der Waals surface area contributed by atoms with Gasteiger partial charge in [0, 0.05) is 18.2 Å². The SMILES string of the molecule is CNC(=O)c1cc(C(=O)N(C=O)CO[N+](=O)[O-])c(C)cc1C=O. The molecule has 0 heterocycles. The fraction of sp³-hybridized carbons (Fsp3) is 0.231. The number of imide groups is 1. The summed E-state index contributed by atoms with van der Waals surface area (Å²) < 4.78 is 0. The molecule has 1 rings (SSSR count). The van der Waals surface area contributed by atoms with Gasteiger partial charge in [0.15, 0.2) is 13.0 Å². The molecule has 122 valence electrons. The molecule has 0 bridgehead atoms. The van der Waals surface area contributed by atoms with Crippen LogP contribution in [0.25, 0.3) is 0 Å². The normalized spacial score (nSPS) is 9.65. The number of hydrogen-bond donors (Lipinski definition) is 1. The Hall–Kier alpha value is -3.30. The van der Waals surface area contributed by atoms with Crippen molar-refractivity contribution in [2.75, 3.05) is 13.8 Å². The zero-order valence-corrected chi connectivity index (χ0v) is 12.3. The minimum Gasteiger partial charge on any atom is -0.355 e. The number of hydrogen-bond acceptors (Lipinski definition) is 7. The minimum absolute atomic E-state index is 0.0579. The first-order valence-electron chi connectivity index (χ1n) is 6.21. The van der Waals surface area contributed by atoms with Gasteiger partial charge in [-0.15, -0.1) is 10.1 Å². The maximum Gasteiger partial charge on any atom is 0.296 e. The monoisotopic (exact) mass is 323 g/mol. The molecule has 10 nitrogen and oxygen atoms in total. The zero-order valence-electron chi connectivity index (χ0n) is 12.3. The van der Waals surface area contributed by atoms with Gasteiger partial charge in [0.25, 0.3) is 16.9 Å². The molecule has 3 amide bonds. The van der Waals surface area contributed by atoms with Crippen molar-refractivity contribution in [3.8, 4) is 0 Å². The number of aldehydes is 1. The lowest BCUT2D eigenvalue weighted by atomic mass is 9.98. The molecule has 0 atom stereocenters. The van der Waals surface area contributed by atoms with E-state index in [-0.39, 0.29) is 23.1 Å². The van der Waals surface area contributed by atoms with Crippen molar-refractivity contribution in [3.63, 3.8) is 0 Å². The summed E-state index contributed by atoms with van der Waals surface area (Å²) in [7, 11) is 1.35. The van der Waals surface area contributed by atoms with Crippen LogP contribution in [0.3, 0.4) is 0 Å². The Morgan fingerprint density at radius 2 is 2.00 bits per heavy atom. The minimum atomic E-state index is -1.15. The van der Waals surface area contributed by atoms with Gasteiger partial charge >= 0.3 is 0 Å². The maximum absolute atomic E-state index is 12.2. The first-order valence-corrected chi connectivity index (χ1v) is 6.21. The Bertz CT molecular complexity index is 672. The van der Waals surface area contributed by atoms with Gasteiger partial charge in [-0.25, -0.2) is 0 Å². The molecule has 0 unspecified atom stereocenters. The molecule has 0 aliphatic heterocycles. The van der Waals surface area contributed by atoms with Crippen LogP contribution in [0.15, 0.2) is 12.1 Å². The van der Waals surface area contributed by atoms with Crippen molar-refractivity contribution >= 4 is 24.5 Å². The standard InChI is InChI=1S/C13H13N3O7/c1-8-3-9(5-17)11(12(19)14-2)4-10(8)13(20)15(6-18)7-23-16(21)22/h3-6H,7H2,1-2H3,(H,14,19). The van der Waals surface area contributed by atoms with Gasteiger partial charge in [0.05, 0.1) is 5.56 Å². The number of nitrogens with one attached hydrogen (secondary N) is 1. The van der Waals surface area contributed by atoms with Crippen LogP contribution >= 0.6 is 0 Å². The first-order chi connectivity index (χ1) is 10.8. The summed E-state index contributed by atoms with van der Waals surface area (Å²) in [6.07, 6.45) is 0.525. The molecule has 0 saturated heterocycles. The molecular formula is C13H13N3O7. The van der Waals surface area contributed by atoms with Gasteiger partial charge in [-0.05, 0) is 24.6 Å². The Kier molecular flexibility index (Phi) is 5.89. The fourth-order valence-corrected chi connectivity index (χ4v) is 1.79. The number of amides is 3. The van der Waals surface area contributed by atoms with E-state index in [1.165, 1.54) is 20.0 Å². The van der Waals surface area contributed by atoms with Crippen molar-refractivity contribution in [1.29, 1.82) is 0 Å². The third-order valence-electron chi connectivity index (χ3n) is 2.92. The highest BCUT2D eigenvalue weighted by molar-refractivity contribution is 6.06. The maximum atomic E-state index is 12.2. The van der Waals surface area contributed by atoms with Crippen LogP contribution in [0, 0.1) is 17.0 Å². The molecule has 1 N–H and O–H groups in total. The van der Waals surface area contributed by atoms with E-state index in [1.54, 1.807) is 0 Å². The van der Waals surface area contributed by atoms with Gasteiger partial charge in [0.1, 0.15) is 0 Å². The van der Waals surface area contributed by atoms with Crippen molar-refractivity contribution in [2.24, 2.45) is 0 Å². The zero-order chi connectivity index (χ0) is 17.6. The summed E-state index contributed by atoms with van der Waals surface area (Å²) in [5.41, 5.74) is 0.265. The molecule has 0 aliphatic carbocycles. The van der Waals surface area contributed by atoms with E-state index in [9.17, 15) is 29.3 Å². The number of carbonyl (C=O) groups is 4. The Balaban J connectivity index is 3.27. The van der Waals surface area contributed by atoms with Crippen molar-refractivity contribution in [3.05, 3.63) is 44.5 Å². The predicted molar refractivity (Wildman–Crippen MR) is 75.1 cm³/mol. The Labute approximate surface area is 130 Å². The second-order valence-corrected chi connectivity index (χ2v) is 4.31. The van der Waals surface area contributed by atoms with Crippen molar-refractivity contribution in [2.45, 2.75) is 6.92 Å². The van der Waals surface area contributed by atoms with Crippen LogP contribution < -0.4 is 5.32 Å². The van der Waals surface area contributed by atoms with E-state index >= 15 is 0 Å². The summed E-state index contributed by atoms with van der Waals surface area (Å²) >= 11 is 0. The highest BCUT2D eigenvalue weighted by Crippen LogP contribution is 2.17. The summed E-state index contributed by atoms with van der Waals surface area (Å²) in [4.78, 5) is 60.5. The number of carbonyl (C=O) groups excluding carboxylic acids is 4. The van der Waals surface area contributed by atoms with E-state index in [1.807, 2.05) is 0 Å². The molecule has 0 saturated carbocycles. The van der Waals surface area contributed by atoms with Crippen LogP contribution in [0.2, 0.25) is 0 Å². The fourth-order valence-electron chi connectivity index (χ4n) is 1.79. The lowest BCUT2D eigenvalue weighted by molar-refractivity contribution is -0.761. The van der Waals surface area contributed by atoms with Crippen LogP contribution in [0.5, 0.6) is 0 Å². The molecule has 1 aromatic rings. The summed E-state index contributed by atoms with van der Waals surface area (Å²) in [5.74, 6) is -1.50. The number of rotatable bonds is 7. The van der Waals surface area contributed by atoms with Gasteiger partial charge in [0.2, 0.25) is 6.41 Å². The lowest BCUT2D eigenvalue weighted by Gasteiger charge is -2.16. The van der Waals surface area contributed by atoms with Crippen LogP contribution in [0.4, 0.5) is 0 Å². The molecule has 0 fully saturated rings. The second kappa shape index (κ2) is 7.64. The van der Waals surface area contributed by atoms with E-state index < -0.39 is 23.6 Å².